The second-order valence-corrected chi connectivity index (χ2v) is 8.56. The van der Waals surface area contributed by atoms with Crippen LogP contribution in [0.3, 0.4) is 0 Å². The molecule has 26 heavy (non-hydrogen) atoms. The molecule has 2 saturated heterocycles. The molecule has 0 bridgehead atoms. The average Bonchev–Trinajstić information content (AvgIpc) is 2.98. The van der Waals surface area contributed by atoms with E-state index in [4.69, 9.17) is 16.3 Å². The predicted octanol–water partition coefficient (Wildman–Crippen LogP) is 2.99. The first-order chi connectivity index (χ1) is 12.2. The van der Waals surface area contributed by atoms with Gasteiger partial charge in [-0.25, -0.2) is 14.8 Å². The van der Waals surface area contributed by atoms with E-state index in [1.165, 1.54) is 12.4 Å². The van der Waals surface area contributed by atoms with Crippen molar-refractivity contribution < 1.29 is 14.3 Å². The molecule has 2 aliphatic rings. The predicted molar refractivity (Wildman–Crippen MR) is 97.0 cm³/mol. The molecule has 0 saturated carbocycles. The van der Waals surface area contributed by atoms with Crippen molar-refractivity contribution in [2.45, 2.75) is 45.6 Å². The number of piperidine rings is 1. The van der Waals surface area contributed by atoms with Crippen LogP contribution in [-0.2, 0) is 4.74 Å². The van der Waals surface area contributed by atoms with Crippen LogP contribution in [0.4, 0.5) is 4.79 Å². The summed E-state index contributed by atoms with van der Waals surface area (Å²) in [5.74, 6) is -0.119. The van der Waals surface area contributed by atoms with E-state index in [9.17, 15) is 9.59 Å². The Morgan fingerprint density at radius 1 is 1.08 bits per heavy atom. The van der Waals surface area contributed by atoms with Gasteiger partial charge in [-0.3, -0.25) is 4.79 Å². The van der Waals surface area contributed by atoms with Gasteiger partial charge >= 0.3 is 6.09 Å². The fourth-order valence-electron chi connectivity index (χ4n) is 3.59. The Balaban J connectivity index is 1.56. The van der Waals surface area contributed by atoms with Gasteiger partial charge in [0.25, 0.3) is 5.91 Å². The van der Waals surface area contributed by atoms with Crippen molar-refractivity contribution in [2.75, 3.05) is 26.2 Å². The summed E-state index contributed by atoms with van der Waals surface area (Å²) in [6.07, 6.45) is 5.25. The minimum Gasteiger partial charge on any atom is -0.444 e. The summed E-state index contributed by atoms with van der Waals surface area (Å²) >= 11 is 5.72. The summed E-state index contributed by atoms with van der Waals surface area (Å²) < 4.78 is 5.48. The van der Waals surface area contributed by atoms with Crippen molar-refractivity contribution in [3.05, 3.63) is 23.2 Å². The van der Waals surface area contributed by atoms with Gasteiger partial charge in [-0.05, 0) is 45.4 Å². The molecule has 142 valence electrons. The summed E-state index contributed by atoms with van der Waals surface area (Å²) in [6.45, 7) is 8.36. The van der Waals surface area contributed by atoms with Crippen LogP contribution in [0.25, 0.3) is 0 Å². The van der Waals surface area contributed by atoms with Crippen LogP contribution in [0.1, 0.15) is 50.5 Å². The van der Waals surface area contributed by atoms with E-state index in [0.29, 0.717) is 31.9 Å². The lowest BCUT2D eigenvalue weighted by molar-refractivity contribution is 0.0242. The largest absolute Gasteiger partial charge is 0.444 e. The molecular weight excluding hydrogens is 356 g/mol. The molecule has 7 nitrogen and oxygen atoms in total. The number of hydrogen-bond acceptors (Lipinski definition) is 5. The molecule has 1 spiro atoms. The maximum absolute atomic E-state index is 12.5. The second kappa shape index (κ2) is 7.02. The smallest absolute Gasteiger partial charge is 0.410 e. The third kappa shape index (κ3) is 4.26. The molecule has 3 heterocycles. The number of nitrogens with zero attached hydrogens (tertiary/aromatic N) is 4. The summed E-state index contributed by atoms with van der Waals surface area (Å²) in [4.78, 5) is 36.4. The molecule has 2 aliphatic heterocycles. The third-order valence-corrected chi connectivity index (χ3v) is 5.24. The third-order valence-electron chi connectivity index (χ3n) is 5.04. The van der Waals surface area contributed by atoms with Crippen molar-refractivity contribution in [3.63, 3.8) is 0 Å². The van der Waals surface area contributed by atoms with Gasteiger partial charge in [0, 0.05) is 26.2 Å². The maximum Gasteiger partial charge on any atom is 0.410 e. The summed E-state index contributed by atoms with van der Waals surface area (Å²) in [5, 5.41) is 0.271. The highest BCUT2D eigenvalue weighted by molar-refractivity contribution is 6.29. The van der Waals surface area contributed by atoms with Gasteiger partial charge < -0.3 is 14.5 Å². The number of hydrogen-bond donors (Lipinski definition) is 0. The first kappa shape index (κ1) is 18.9. The molecule has 0 N–H and O–H groups in total. The molecule has 0 aromatic carbocycles. The van der Waals surface area contributed by atoms with Crippen molar-refractivity contribution in [2.24, 2.45) is 5.41 Å². The highest BCUT2D eigenvalue weighted by Crippen LogP contribution is 2.41. The van der Waals surface area contributed by atoms with Gasteiger partial charge in [-0.1, -0.05) is 11.6 Å². The number of amides is 2. The molecular formula is C18H25ClN4O3. The first-order valence-electron chi connectivity index (χ1n) is 8.92. The number of carbonyl (C=O) groups is 2. The number of aromatic nitrogens is 2. The molecule has 2 fully saturated rings. The lowest BCUT2D eigenvalue weighted by Crippen LogP contribution is -2.45. The summed E-state index contributed by atoms with van der Waals surface area (Å²) in [6, 6.07) is 0. The summed E-state index contributed by atoms with van der Waals surface area (Å²) in [5.41, 5.74) is -0.0890. The van der Waals surface area contributed by atoms with Gasteiger partial charge in [0.1, 0.15) is 16.4 Å². The highest BCUT2D eigenvalue weighted by atomic mass is 35.5. The molecule has 0 aliphatic carbocycles. The number of likely N-dealkylation sites (tertiary alicyclic amines) is 2. The lowest BCUT2D eigenvalue weighted by Gasteiger charge is -2.39. The molecule has 1 aromatic rings. The van der Waals surface area contributed by atoms with E-state index < -0.39 is 5.60 Å². The molecule has 0 radical (unpaired) electrons. The Morgan fingerprint density at radius 2 is 1.69 bits per heavy atom. The molecule has 8 heteroatoms. The van der Waals surface area contributed by atoms with Crippen LogP contribution < -0.4 is 0 Å². The monoisotopic (exact) mass is 380 g/mol. The normalized spacial score (nSPS) is 19.7. The van der Waals surface area contributed by atoms with Crippen molar-refractivity contribution in [3.8, 4) is 0 Å². The number of ether oxygens (including phenoxy) is 1. The van der Waals surface area contributed by atoms with E-state index in [1.807, 2.05) is 20.8 Å². The zero-order valence-electron chi connectivity index (χ0n) is 15.5. The first-order valence-corrected chi connectivity index (χ1v) is 9.30. The molecule has 2 amide bonds. The Labute approximate surface area is 158 Å². The Kier molecular flexibility index (Phi) is 5.10. The zero-order valence-corrected chi connectivity index (χ0v) is 16.3. The molecule has 0 unspecified atom stereocenters. The standard InChI is InChI=1S/C18H25ClN4O3/c1-17(2,3)26-16(25)23-9-6-18(12-23)4-7-22(8-5-18)15(24)13-10-21-14(19)11-20-13/h10-11H,4-9,12H2,1-3H3. The van der Waals surface area contributed by atoms with Gasteiger partial charge in [-0.2, -0.15) is 0 Å². The van der Waals surface area contributed by atoms with E-state index >= 15 is 0 Å². The van der Waals surface area contributed by atoms with E-state index in [2.05, 4.69) is 9.97 Å². The molecule has 0 atom stereocenters. The second-order valence-electron chi connectivity index (χ2n) is 8.17. The Morgan fingerprint density at radius 3 is 2.23 bits per heavy atom. The SMILES string of the molecule is CC(C)(C)OC(=O)N1CCC2(CCN(C(=O)c3cnc(Cl)cn3)CC2)C1. The lowest BCUT2D eigenvalue weighted by atomic mass is 9.78. The Hall–Kier alpha value is -1.89. The van der Waals surface area contributed by atoms with Crippen LogP contribution in [0.2, 0.25) is 5.15 Å². The average molecular weight is 381 g/mol. The van der Waals surface area contributed by atoms with Crippen molar-refractivity contribution >= 4 is 23.6 Å². The zero-order chi connectivity index (χ0) is 18.9. The highest BCUT2D eigenvalue weighted by Gasteiger charge is 2.43. The van der Waals surface area contributed by atoms with Crippen molar-refractivity contribution in [1.82, 2.24) is 19.8 Å². The van der Waals surface area contributed by atoms with Crippen molar-refractivity contribution in [1.29, 1.82) is 0 Å². The van der Waals surface area contributed by atoms with Crippen LogP contribution >= 0.6 is 11.6 Å². The van der Waals surface area contributed by atoms with Crippen LogP contribution in [0.15, 0.2) is 12.4 Å². The minimum absolute atomic E-state index is 0.0827. The Bertz CT molecular complexity index is 679. The number of halogens is 1. The fraction of sp³-hybridized carbons (Fsp3) is 0.667. The minimum atomic E-state index is -0.484. The van der Waals surface area contributed by atoms with Gasteiger partial charge in [0.2, 0.25) is 0 Å². The molecule has 3 rings (SSSR count). The molecule has 1 aromatic heterocycles. The quantitative estimate of drug-likeness (QED) is 0.748. The van der Waals surface area contributed by atoms with E-state index in [-0.39, 0.29) is 22.6 Å². The fourth-order valence-corrected chi connectivity index (χ4v) is 3.69. The van der Waals surface area contributed by atoms with Gasteiger partial charge in [-0.15, -0.1) is 0 Å². The van der Waals surface area contributed by atoms with Crippen LogP contribution in [0, 0.1) is 5.41 Å². The van der Waals surface area contributed by atoms with Gasteiger partial charge in [0.05, 0.1) is 12.4 Å². The maximum atomic E-state index is 12.5. The van der Waals surface area contributed by atoms with E-state index in [0.717, 1.165) is 19.3 Å². The summed E-state index contributed by atoms with van der Waals surface area (Å²) in [7, 11) is 0. The van der Waals surface area contributed by atoms with Crippen LogP contribution in [-0.4, -0.2) is 63.5 Å². The van der Waals surface area contributed by atoms with Crippen LogP contribution in [0.5, 0.6) is 0 Å². The van der Waals surface area contributed by atoms with E-state index in [1.54, 1.807) is 9.80 Å². The van der Waals surface area contributed by atoms with Gasteiger partial charge in [0.15, 0.2) is 0 Å². The topological polar surface area (TPSA) is 75.6 Å². The number of carbonyl (C=O) groups excluding carboxylic acids is 2. The number of rotatable bonds is 1.